The van der Waals surface area contributed by atoms with E-state index in [1.54, 1.807) is 11.8 Å². The Kier molecular flexibility index (Phi) is 6.78. The maximum Gasteiger partial charge on any atom is 0.155 e. The first-order valence-electron chi connectivity index (χ1n) is 8.22. The Labute approximate surface area is 153 Å². The van der Waals surface area contributed by atoms with E-state index in [0.717, 1.165) is 17.1 Å². The fraction of sp³-hybridized carbons (Fsp3) is 0.529. The van der Waals surface area contributed by atoms with Crippen LogP contribution >= 0.6 is 12.4 Å². The quantitative estimate of drug-likeness (QED) is 0.698. The summed E-state index contributed by atoms with van der Waals surface area (Å²) < 4.78 is 7.11. The molecule has 0 aliphatic heterocycles. The monoisotopic (exact) mass is 368 g/mol. The Balaban J connectivity index is 0.00000225. The average molecular weight is 369 g/mol. The zero-order valence-electron chi connectivity index (χ0n) is 14.2. The molecule has 1 aromatic carbocycles. The molecule has 2 aromatic rings. The Morgan fingerprint density at radius 3 is 2.72 bits per heavy atom. The number of hydrogen-bond acceptors (Lipinski definition) is 6. The average Bonchev–Trinajstić information content (AvgIpc) is 3.12. The largest absolute Gasteiger partial charge is 0.496 e. The second kappa shape index (κ2) is 8.62. The molecule has 0 amide bonds. The van der Waals surface area contributed by atoms with Crippen molar-refractivity contribution >= 4 is 12.4 Å². The van der Waals surface area contributed by atoms with Gasteiger partial charge in [0.15, 0.2) is 5.82 Å². The number of hydrogen-bond donors (Lipinski definition) is 3. The molecular formula is C17H25ClN4O3. The molecule has 1 heterocycles. The number of ether oxygens (including phenoxy) is 1. The van der Waals surface area contributed by atoms with Crippen molar-refractivity contribution in [3.05, 3.63) is 41.5 Å². The third kappa shape index (κ3) is 4.30. The van der Waals surface area contributed by atoms with Gasteiger partial charge in [0.1, 0.15) is 11.6 Å². The number of benzene rings is 1. The van der Waals surface area contributed by atoms with Gasteiger partial charge in [0, 0.05) is 23.9 Å². The van der Waals surface area contributed by atoms with E-state index in [0.29, 0.717) is 31.6 Å². The van der Waals surface area contributed by atoms with Gasteiger partial charge in [-0.05, 0) is 18.9 Å². The third-order valence-corrected chi connectivity index (χ3v) is 4.54. The highest BCUT2D eigenvalue weighted by molar-refractivity contribution is 5.85. The van der Waals surface area contributed by atoms with Crippen molar-refractivity contribution < 1.29 is 14.9 Å². The molecule has 1 aliphatic carbocycles. The summed E-state index contributed by atoms with van der Waals surface area (Å²) in [6.45, 7) is 0.377. The van der Waals surface area contributed by atoms with E-state index in [4.69, 9.17) is 10.5 Å². The summed E-state index contributed by atoms with van der Waals surface area (Å²) in [6, 6.07) is 7.54. The first-order chi connectivity index (χ1) is 11.6. The summed E-state index contributed by atoms with van der Waals surface area (Å²) in [5.74, 6) is 2.34. The minimum absolute atomic E-state index is 0. The highest BCUT2D eigenvalue weighted by Gasteiger charge is 2.34. The predicted molar refractivity (Wildman–Crippen MR) is 96.1 cm³/mol. The van der Waals surface area contributed by atoms with Crippen LogP contribution in [0.3, 0.4) is 0 Å². The van der Waals surface area contributed by atoms with E-state index < -0.39 is 6.10 Å². The van der Waals surface area contributed by atoms with Gasteiger partial charge in [-0.2, -0.15) is 5.10 Å². The van der Waals surface area contributed by atoms with Crippen molar-refractivity contribution in [3.63, 3.8) is 0 Å². The Morgan fingerprint density at radius 1 is 1.32 bits per heavy atom. The topological polar surface area (TPSA) is 106 Å². The molecular weight excluding hydrogens is 344 g/mol. The molecule has 0 radical (unpaired) electrons. The molecule has 7 nitrogen and oxygen atoms in total. The minimum Gasteiger partial charge on any atom is -0.496 e. The van der Waals surface area contributed by atoms with E-state index in [1.807, 2.05) is 24.3 Å². The van der Waals surface area contributed by atoms with Crippen LogP contribution in [0.1, 0.15) is 36.0 Å². The van der Waals surface area contributed by atoms with Gasteiger partial charge in [0.05, 0.1) is 26.4 Å². The van der Waals surface area contributed by atoms with Crippen LogP contribution in [-0.2, 0) is 13.0 Å². The number of halogens is 1. The van der Waals surface area contributed by atoms with Gasteiger partial charge >= 0.3 is 0 Å². The van der Waals surface area contributed by atoms with Gasteiger partial charge in [0.2, 0.25) is 0 Å². The lowest BCUT2D eigenvalue weighted by Gasteiger charge is -2.09. The number of nitrogens with two attached hydrogens (primary N) is 1. The van der Waals surface area contributed by atoms with Crippen molar-refractivity contribution in [2.24, 2.45) is 5.73 Å². The van der Waals surface area contributed by atoms with Crippen molar-refractivity contribution in [1.29, 1.82) is 0 Å². The first-order valence-corrected chi connectivity index (χ1v) is 8.22. The van der Waals surface area contributed by atoms with E-state index in [2.05, 4.69) is 10.1 Å². The molecule has 0 spiro atoms. The molecule has 8 heteroatoms. The number of nitrogens with zero attached hydrogens (tertiary/aromatic N) is 3. The second-order valence-corrected chi connectivity index (χ2v) is 6.22. The van der Waals surface area contributed by atoms with Crippen molar-refractivity contribution in [2.45, 2.75) is 43.9 Å². The SMILES string of the molecule is COc1ccccc1Cc1nc([C@H]2C[C@@H](N)[C@H](O)C2)n(CCO)n1.Cl. The molecule has 138 valence electrons. The zero-order chi connectivity index (χ0) is 17.1. The molecule has 1 aromatic heterocycles. The Morgan fingerprint density at radius 2 is 2.08 bits per heavy atom. The van der Waals surface area contributed by atoms with Crippen LogP contribution in [0.5, 0.6) is 5.75 Å². The van der Waals surface area contributed by atoms with Gasteiger partial charge in [0.25, 0.3) is 0 Å². The fourth-order valence-corrected chi connectivity index (χ4v) is 3.32. The number of methoxy groups -OCH3 is 1. The predicted octanol–water partition coefficient (Wildman–Crippen LogP) is 0.857. The number of para-hydroxylation sites is 1. The standard InChI is InChI=1S/C17H24N4O3.ClH/c1-24-15-5-3-2-4-11(15)10-16-19-17(21(20-16)6-7-22)12-8-13(18)14(23)9-12;/h2-5,12-14,22-23H,6-10,18H2,1H3;1H/t12-,13+,14+;/m0./s1. The summed E-state index contributed by atoms with van der Waals surface area (Å²) in [5.41, 5.74) is 6.93. The van der Waals surface area contributed by atoms with Crippen LogP contribution < -0.4 is 10.5 Å². The van der Waals surface area contributed by atoms with Crippen molar-refractivity contribution in [2.75, 3.05) is 13.7 Å². The minimum atomic E-state index is -0.507. The fourth-order valence-electron chi connectivity index (χ4n) is 3.32. The smallest absolute Gasteiger partial charge is 0.155 e. The van der Waals surface area contributed by atoms with Gasteiger partial charge in [-0.3, -0.25) is 0 Å². The molecule has 25 heavy (non-hydrogen) atoms. The number of aromatic nitrogens is 3. The molecule has 3 atom stereocenters. The Bertz CT molecular complexity index is 684. The van der Waals surface area contributed by atoms with Gasteiger partial charge in [-0.1, -0.05) is 18.2 Å². The molecule has 0 bridgehead atoms. The summed E-state index contributed by atoms with van der Waals surface area (Å²) in [7, 11) is 1.64. The lowest BCUT2D eigenvalue weighted by molar-refractivity contribution is 0.163. The second-order valence-electron chi connectivity index (χ2n) is 6.22. The maximum absolute atomic E-state index is 9.91. The van der Waals surface area contributed by atoms with E-state index in [9.17, 15) is 10.2 Å². The van der Waals surface area contributed by atoms with Gasteiger partial charge < -0.3 is 20.7 Å². The zero-order valence-corrected chi connectivity index (χ0v) is 15.0. The Hall–Kier alpha value is -1.67. The molecule has 4 N–H and O–H groups in total. The first kappa shape index (κ1) is 19.7. The van der Waals surface area contributed by atoms with Crippen molar-refractivity contribution in [3.8, 4) is 5.75 Å². The molecule has 0 saturated heterocycles. The molecule has 1 aliphatic rings. The van der Waals surface area contributed by atoms with Gasteiger partial charge in [-0.25, -0.2) is 9.67 Å². The van der Waals surface area contributed by atoms with Gasteiger partial charge in [-0.15, -0.1) is 12.4 Å². The highest BCUT2D eigenvalue weighted by atomic mass is 35.5. The maximum atomic E-state index is 9.91. The van der Waals surface area contributed by atoms with Crippen LogP contribution in [0.2, 0.25) is 0 Å². The van der Waals surface area contributed by atoms with Crippen molar-refractivity contribution in [1.82, 2.24) is 14.8 Å². The number of aliphatic hydroxyl groups is 2. The van der Waals surface area contributed by atoms with Crippen LogP contribution in [-0.4, -0.2) is 50.8 Å². The number of aliphatic hydroxyl groups excluding tert-OH is 2. The van der Waals surface area contributed by atoms with Crippen LogP contribution in [0.15, 0.2) is 24.3 Å². The lowest BCUT2D eigenvalue weighted by atomic mass is 10.1. The normalized spacial score (nSPS) is 22.6. The summed E-state index contributed by atoms with van der Waals surface area (Å²) in [4.78, 5) is 4.67. The summed E-state index contributed by atoms with van der Waals surface area (Å²) in [6.07, 6.45) is 1.31. The molecule has 1 saturated carbocycles. The third-order valence-electron chi connectivity index (χ3n) is 4.54. The molecule has 3 rings (SSSR count). The van der Waals surface area contributed by atoms with E-state index >= 15 is 0 Å². The number of rotatable bonds is 6. The van der Waals surface area contributed by atoms with Crippen LogP contribution in [0, 0.1) is 0 Å². The molecule has 1 fully saturated rings. The lowest BCUT2D eigenvalue weighted by Crippen LogP contribution is -2.28. The summed E-state index contributed by atoms with van der Waals surface area (Å²) >= 11 is 0. The molecule has 0 unspecified atom stereocenters. The van der Waals surface area contributed by atoms with Crippen LogP contribution in [0.25, 0.3) is 0 Å². The van der Waals surface area contributed by atoms with E-state index in [1.165, 1.54) is 0 Å². The van der Waals surface area contributed by atoms with E-state index in [-0.39, 0.29) is 31.0 Å². The summed E-state index contributed by atoms with van der Waals surface area (Å²) in [5, 5.41) is 23.7. The van der Waals surface area contributed by atoms with Crippen LogP contribution in [0.4, 0.5) is 0 Å². The highest BCUT2D eigenvalue weighted by Crippen LogP contribution is 2.33.